The molecule has 4 heteroatoms. The Hall–Kier alpha value is -3.14. The third kappa shape index (κ3) is 4.97. The second kappa shape index (κ2) is 9.18. The molecule has 0 saturated heterocycles. The Balaban J connectivity index is 1.83. The van der Waals surface area contributed by atoms with E-state index < -0.39 is 0 Å². The van der Waals surface area contributed by atoms with Crippen molar-refractivity contribution in [3.05, 3.63) is 101 Å². The van der Waals surface area contributed by atoms with Gasteiger partial charge in [0.15, 0.2) is 0 Å². The van der Waals surface area contributed by atoms with Crippen LogP contribution >= 0.6 is 0 Å². The van der Waals surface area contributed by atoms with E-state index in [0.29, 0.717) is 6.54 Å². The number of halogens is 1. The summed E-state index contributed by atoms with van der Waals surface area (Å²) < 4.78 is 13.3. The molecule has 0 fully saturated rings. The zero-order chi connectivity index (χ0) is 19.9. The van der Waals surface area contributed by atoms with Crippen molar-refractivity contribution in [2.75, 3.05) is 5.32 Å². The van der Waals surface area contributed by atoms with Crippen molar-refractivity contribution in [3.8, 4) is 0 Å². The first-order valence-electron chi connectivity index (χ1n) is 9.52. The zero-order valence-corrected chi connectivity index (χ0v) is 16.2. The van der Waals surface area contributed by atoms with Gasteiger partial charge in [-0.25, -0.2) is 9.18 Å². The van der Waals surface area contributed by atoms with E-state index in [4.69, 9.17) is 0 Å². The molecule has 0 bridgehead atoms. The average Bonchev–Trinajstić information content (AvgIpc) is 2.74. The number of hydrogen-bond acceptors (Lipinski definition) is 1. The van der Waals surface area contributed by atoms with Crippen LogP contribution in [0.15, 0.2) is 78.9 Å². The van der Waals surface area contributed by atoms with Crippen LogP contribution in [-0.4, -0.2) is 10.9 Å². The van der Waals surface area contributed by atoms with Crippen LogP contribution in [0.1, 0.15) is 36.6 Å². The van der Waals surface area contributed by atoms with Gasteiger partial charge >= 0.3 is 6.03 Å². The number of amides is 2. The topological polar surface area (TPSA) is 32.3 Å². The summed E-state index contributed by atoms with van der Waals surface area (Å²) in [7, 11) is 0. The van der Waals surface area contributed by atoms with Gasteiger partial charge in [-0.05, 0) is 54.3 Å². The van der Waals surface area contributed by atoms with Gasteiger partial charge in [-0.1, -0.05) is 61.5 Å². The van der Waals surface area contributed by atoms with Crippen molar-refractivity contribution in [3.63, 3.8) is 0 Å². The summed E-state index contributed by atoms with van der Waals surface area (Å²) in [4.78, 5) is 14.9. The molecule has 144 valence electrons. The number of rotatable bonds is 6. The normalized spacial score (nSPS) is 11.7. The SMILES string of the molecule is CCc1ccc(NC(=O)N(Cc2ccc(F)cc2)C(C)c2ccccc2)cc1. The maximum Gasteiger partial charge on any atom is 0.322 e. The van der Waals surface area contributed by atoms with Gasteiger partial charge < -0.3 is 10.2 Å². The van der Waals surface area contributed by atoms with Crippen LogP contribution in [0.4, 0.5) is 14.9 Å². The van der Waals surface area contributed by atoms with Gasteiger partial charge in [-0.15, -0.1) is 0 Å². The molecular weight excluding hydrogens is 351 g/mol. The van der Waals surface area contributed by atoms with Gasteiger partial charge in [0.25, 0.3) is 0 Å². The van der Waals surface area contributed by atoms with Gasteiger partial charge in [0.1, 0.15) is 5.82 Å². The third-order valence-electron chi connectivity index (χ3n) is 4.89. The van der Waals surface area contributed by atoms with Crippen LogP contribution in [0.25, 0.3) is 0 Å². The number of nitrogens with zero attached hydrogens (tertiary/aromatic N) is 1. The summed E-state index contributed by atoms with van der Waals surface area (Å²) in [6, 6.07) is 23.7. The predicted molar refractivity (Wildman–Crippen MR) is 112 cm³/mol. The first-order chi connectivity index (χ1) is 13.6. The summed E-state index contributed by atoms with van der Waals surface area (Å²) in [5.74, 6) is -0.285. The predicted octanol–water partition coefficient (Wildman–Crippen LogP) is 6.18. The molecule has 0 aliphatic carbocycles. The summed E-state index contributed by atoms with van der Waals surface area (Å²) in [6.45, 7) is 4.48. The lowest BCUT2D eigenvalue weighted by Crippen LogP contribution is -2.36. The second-order valence-corrected chi connectivity index (χ2v) is 6.82. The minimum atomic E-state index is -0.285. The Morgan fingerprint density at radius 1 is 0.929 bits per heavy atom. The summed E-state index contributed by atoms with van der Waals surface area (Å²) in [5, 5.41) is 2.99. The minimum absolute atomic E-state index is 0.138. The van der Waals surface area contributed by atoms with Gasteiger partial charge in [0, 0.05) is 12.2 Å². The molecule has 0 aromatic heterocycles. The van der Waals surface area contributed by atoms with E-state index >= 15 is 0 Å². The smallest absolute Gasteiger partial charge is 0.313 e. The van der Waals surface area contributed by atoms with E-state index in [1.54, 1.807) is 17.0 Å². The van der Waals surface area contributed by atoms with E-state index in [-0.39, 0.29) is 17.9 Å². The minimum Gasteiger partial charge on any atom is -0.313 e. The zero-order valence-electron chi connectivity index (χ0n) is 16.2. The van der Waals surface area contributed by atoms with Gasteiger partial charge in [-0.3, -0.25) is 0 Å². The van der Waals surface area contributed by atoms with E-state index in [9.17, 15) is 9.18 Å². The lowest BCUT2D eigenvalue weighted by molar-refractivity contribution is 0.189. The molecule has 0 saturated carbocycles. The molecule has 28 heavy (non-hydrogen) atoms. The quantitative estimate of drug-likeness (QED) is 0.547. The number of hydrogen-bond donors (Lipinski definition) is 1. The molecule has 3 aromatic rings. The van der Waals surface area contributed by atoms with Crippen molar-refractivity contribution < 1.29 is 9.18 Å². The van der Waals surface area contributed by atoms with E-state index in [2.05, 4.69) is 12.2 Å². The molecule has 1 N–H and O–H groups in total. The standard InChI is InChI=1S/C24H25FN2O/c1-3-19-11-15-23(16-12-19)26-24(28)27(17-20-9-13-22(25)14-10-20)18(2)21-7-5-4-6-8-21/h4-16,18H,3,17H2,1-2H3,(H,26,28). The number of anilines is 1. The number of benzene rings is 3. The highest BCUT2D eigenvalue weighted by molar-refractivity contribution is 5.89. The van der Waals surface area contributed by atoms with Crippen LogP contribution in [0.5, 0.6) is 0 Å². The summed E-state index contributed by atoms with van der Waals surface area (Å²) >= 11 is 0. The molecule has 1 atom stereocenters. The molecule has 0 radical (unpaired) electrons. The number of urea groups is 1. The van der Waals surface area contributed by atoms with E-state index in [1.165, 1.54) is 17.7 Å². The maximum absolute atomic E-state index is 13.3. The first-order valence-corrected chi connectivity index (χ1v) is 9.52. The van der Waals surface area contributed by atoms with Gasteiger partial charge in [0.2, 0.25) is 0 Å². The van der Waals surface area contributed by atoms with Crippen molar-refractivity contribution in [2.45, 2.75) is 32.9 Å². The van der Waals surface area contributed by atoms with Crippen molar-refractivity contribution >= 4 is 11.7 Å². The van der Waals surface area contributed by atoms with E-state index in [1.807, 2.05) is 61.5 Å². The third-order valence-corrected chi connectivity index (χ3v) is 4.89. The van der Waals surface area contributed by atoms with Crippen LogP contribution in [0.2, 0.25) is 0 Å². The lowest BCUT2D eigenvalue weighted by Gasteiger charge is -2.30. The monoisotopic (exact) mass is 376 g/mol. The molecular formula is C24H25FN2O. The lowest BCUT2D eigenvalue weighted by atomic mass is 10.1. The molecule has 0 aliphatic heterocycles. The molecule has 0 spiro atoms. The Morgan fingerprint density at radius 2 is 1.54 bits per heavy atom. The van der Waals surface area contributed by atoms with Crippen LogP contribution in [0, 0.1) is 5.82 Å². The Labute approximate surface area is 165 Å². The Bertz CT molecular complexity index is 892. The number of carbonyl (C=O) groups excluding carboxylic acids is 1. The highest BCUT2D eigenvalue weighted by Gasteiger charge is 2.22. The Kier molecular flexibility index (Phi) is 6.43. The summed E-state index contributed by atoms with van der Waals surface area (Å²) in [5.41, 5.74) is 3.90. The highest BCUT2D eigenvalue weighted by atomic mass is 19.1. The molecule has 0 aliphatic rings. The van der Waals surface area contributed by atoms with Gasteiger partial charge in [0.05, 0.1) is 6.04 Å². The second-order valence-electron chi connectivity index (χ2n) is 6.82. The fraction of sp³-hybridized carbons (Fsp3) is 0.208. The van der Waals surface area contributed by atoms with E-state index in [0.717, 1.165) is 23.2 Å². The Morgan fingerprint density at radius 3 is 2.14 bits per heavy atom. The van der Waals surface area contributed by atoms with Crippen molar-refractivity contribution in [1.29, 1.82) is 0 Å². The van der Waals surface area contributed by atoms with Crippen molar-refractivity contribution in [2.24, 2.45) is 0 Å². The number of nitrogens with one attached hydrogen (secondary N) is 1. The van der Waals surface area contributed by atoms with Crippen LogP contribution in [0.3, 0.4) is 0 Å². The van der Waals surface area contributed by atoms with Crippen molar-refractivity contribution in [1.82, 2.24) is 4.90 Å². The van der Waals surface area contributed by atoms with Gasteiger partial charge in [-0.2, -0.15) is 0 Å². The molecule has 1 unspecified atom stereocenters. The number of aryl methyl sites for hydroxylation is 1. The first kappa shape index (κ1) is 19.6. The fourth-order valence-electron chi connectivity index (χ4n) is 3.10. The fourth-order valence-corrected chi connectivity index (χ4v) is 3.10. The highest BCUT2D eigenvalue weighted by Crippen LogP contribution is 2.24. The molecule has 0 heterocycles. The molecule has 3 nitrogen and oxygen atoms in total. The molecule has 2 amide bonds. The average molecular weight is 376 g/mol. The van der Waals surface area contributed by atoms with Crippen LogP contribution < -0.4 is 5.32 Å². The molecule has 3 aromatic carbocycles. The largest absolute Gasteiger partial charge is 0.322 e. The maximum atomic E-state index is 13.3. The van der Waals surface area contributed by atoms with Crippen LogP contribution in [-0.2, 0) is 13.0 Å². The molecule has 3 rings (SSSR count). The number of carbonyl (C=O) groups is 1. The summed E-state index contributed by atoms with van der Waals surface area (Å²) in [6.07, 6.45) is 0.954.